The van der Waals surface area contributed by atoms with E-state index in [9.17, 15) is 0 Å². The van der Waals surface area contributed by atoms with Gasteiger partial charge in [0.1, 0.15) is 6.61 Å². The third-order valence-electron chi connectivity index (χ3n) is 2.14. The van der Waals surface area contributed by atoms with Crippen molar-refractivity contribution in [3.05, 3.63) is 24.3 Å². The maximum atomic E-state index is 5.63. The molecule has 0 aliphatic rings. The van der Waals surface area contributed by atoms with Gasteiger partial charge in [-0.15, -0.1) is 0 Å². The van der Waals surface area contributed by atoms with Gasteiger partial charge in [0, 0.05) is 6.61 Å². The normalized spacial score (nSPS) is 10.2. The Balaban J connectivity index is 2.35. The predicted molar refractivity (Wildman–Crippen MR) is 68.8 cm³/mol. The van der Waals surface area contributed by atoms with Gasteiger partial charge in [0.2, 0.25) is 0 Å². The molecule has 0 saturated heterocycles. The molecule has 96 valence electrons. The molecule has 0 unspecified atom stereocenters. The van der Waals surface area contributed by atoms with E-state index in [1.165, 1.54) is 0 Å². The summed E-state index contributed by atoms with van der Waals surface area (Å²) in [6.07, 6.45) is 2.03. The lowest BCUT2D eigenvalue weighted by Crippen LogP contribution is -2.08. The second-order valence-electron chi connectivity index (χ2n) is 3.76. The molecule has 0 aliphatic carbocycles. The largest absolute Gasteiger partial charge is 0.490 e. The summed E-state index contributed by atoms with van der Waals surface area (Å²) in [6, 6.07) is 7.75. The van der Waals surface area contributed by atoms with E-state index in [4.69, 9.17) is 14.2 Å². The van der Waals surface area contributed by atoms with Crippen LogP contribution in [0.25, 0.3) is 0 Å². The van der Waals surface area contributed by atoms with Gasteiger partial charge >= 0.3 is 0 Å². The highest BCUT2D eigenvalue weighted by molar-refractivity contribution is 5.39. The first-order chi connectivity index (χ1) is 8.38. The molecule has 0 amide bonds. The second-order valence-corrected chi connectivity index (χ2v) is 3.76. The zero-order valence-corrected chi connectivity index (χ0v) is 10.8. The van der Waals surface area contributed by atoms with Crippen molar-refractivity contribution in [2.45, 2.75) is 26.7 Å². The predicted octanol–water partition coefficient (Wildman–Crippen LogP) is 3.28. The minimum atomic E-state index is 0.562. The number of rotatable bonds is 9. The molecule has 0 spiro atoms. The van der Waals surface area contributed by atoms with E-state index in [0.717, 1.165) is 30.9 Å². The van der Waals surface area contributed by atoms with Crippen molar-refractivity contribution in [1.82, 2.24) is 0 Å². The van der Waals surface area contributed by atoms with Crippen molar-refractivity contribution in [3.63, 3.8) is 0 Å². The highest BCUT2D eigenvalue weighted by atomic mass is 16.5. The standard InChI is InChI=1S/C14H22O3/c1-3-9-15-11-12-17-14-8-6-5-7-13(14)16-10-4-2/h5-8H,3-4,9-12H2,1-2H3. The molecule has 3 heteroatoms. The first-order valence-corrected chi connectivity index (χ1v) is 6.30. The summed E-state index contributed by atoms with van der Waals surface area (Å²) in [7, 11) is 0. The van der Waals surface area contributed by atoms with Crippen LogP contribution in [-0.4, -0.2) is 26.4 Å². The molecule has 1 aromatic carbocycles. The fourth-order valence-electron chi connectivity index (χ4n) is 1.36. The smallest absolute Gasteiger partial charge is 0.161 e. The first-order valence-electron chi connectivity index (χ1n) is 6.30. The molecule has 0 heterocycles. The molecule has 0 N–H and O–H groups in total. The van der Waals surface area contributed by atoms with E-state index in [-0.39, 0.29) is 0 Å². The molecule has 0 aromatic heterocycles. The van der Waals surface area contributed by atoms with E-state index < -0.39 is 0 Å². The average Bonchev–Trinajstić information content (AvgIpc) is 2.37. The highest BCUT2D eigenvalue weighted by Crippen LogP contribution is 2.26. The molecule has 1 aromatic rings. The van der Waals surface area contributed by atoms with E-state index in [0.29, 0.717) is 19.8 Å². The van der Waals surface area contributed by atoms with Gasteiger partial charge in [0.15, 0.2) is 11.5 Å². The summed E-state index contributed by atoms with van der Waals surface area (Å²) in [4.78, 5) is 0. The fourth-order valence-corrected chi connectivity index (χ4v) is 1.36. The van der Waals surface area contributed by atoms with E-state index in [2.05, 4.69) is 13.8 Å². The Hall–Kier alpha value is -1.22. The topological polar surface area (TPSA) is 27.7 Å². The van der Waals surface area contributed by atoms with E-state index in [1.54, 1.807) is 0 Å². The second kappa shape index (κ2) is 8.88. The van der Waals surface area contributed by atoms with Gasteiger partial charge in [-0.25, -0.2) is 0 Å². The van der Waals surface area contributed by atoms with Crippen LogP contribution in [0, 0.1) is 0 Å². The zero-order valence-electron chi connectivity index (χ0n) is 10.8. The van der Waals surface area contributed by atoms with Gasteiger partial charge in [-0.1, -0.05) is 26.0 Å². The Bertz CT molecular complexity index is 299. The average molecular weight is 238 g/mol. The van der Waals surface area contributed by atoms with Crippen LogP contribution in [0.5, 0.6) is 11.5 Å². The third-order valence-corrected chi connectivity index (χ3v) is 2.14. The molecule has 0 bridgehead atoms. The van der Waals surface area contributed by atoms with Crippen LogP contribution >= 0.6 is 0 Å². The molecule has 0 fully saturated rings. The van der Waals surface area contributed by atoms with Crippen LogP contribution in [0.15, 0.2) is 24.3 Å². The minimum Gasteiger partial charge on any atom is -0.490 e. The van der Waals surface area contributed by atoms with Crippen LogP contribution in [0.4, 0.5) is 0 Å². The first kappa shape index (κ1) is 13.8. The maximum absolute atomic E-state index is 5.63. The monoisotopic (exact) mass is 238 g/mol. The molecule has 0 atom stereocenters. The van der Waals surface area contributed by atoms with Crippen molar-refractivity contribution < 1.29 is 14.2 Å². The zero-order chi connectivity index (χ0) is 12.3. The molecule has 1 rings (SSSR count). The molecule has 0 saturated carbocycles. The lowest BCUT2D eigenvalue weighted by Gasteiger charge is -2.12. The maximum Gasteiger partial charge on any atom is 0.161 e. The minimum absolute atomic E-state index is 0.562. The van der Waals surface area contributed by atoms with Crippen LogP contribution < -0.4 is 9.47 Å². The van der Waals surface area contributed by atoms with Gasteiger partial charge in [0.25, 0.3) is 0 Å². The van der Waals surface area contributed by atoms with Crippen LogP contribution in [0.1, 0.15) is 26.7 Å². The number of ether oxygens (including phenoxy) is 3. The number of benzene rings is 1. The Morgan fingerprint density at radius 1 is 0.765 bits per heavy atom. The van der Waals surface area contributed by atoms with Crippen molar-refractivity contribution in [2.24, 2.45) is 0 Å². The van der Waals surface area contributed by atoms with E-state index in [1.807, 2.05) is 24.3 Å². The Kier molecular flexibility index (Phi) is 7.23. The Morgan fingerprint density at radius 3 is 1.94 bits per heavy atom. The number of hydrogen-bond acceptors (Lipinski definition) is 3. The van der Waals surface area contributed by atoms with Crippen molar-refractivity contribution in [3.8, 4) is 11.5 Å². The molecule has 0 radical (unpaired) electrons. The van der Waals surface area contributed by atoms with Gasteiger partial charge in [0.05, 0.1) is 13.2 Å². The molecule has 3 nitrogen and oxygen atoms in total. The fraction of sp³-hybridized carbons (Fsp3) is 0.571. The van der Waals surface area contributed by atoms with Crippen LogP contribution in [-0.2, 0) is 4.74 Å². The highest BCUT2D eigenvalue weighted by Gasteiger charge is 2.03. The quantitative estimate of drug-likeness (QED) is 0.618. The molecular weight excluding hydrogens is 216 g/mol. The van der Waals surface area contributed by atoms with Crippen LogP contribution in [0.3, 0.4) is 0 Å². The molecule has 17 heavy (non-hydrogen) atoms. The molecule has 0 aliphatic heterocycles. The molecular formula is C14H22O3. The lowest BCUT2D eigenvalue weighted by molar-refractivity contribution is 0.0991. The van der Waals surface area contributed by atoms with Gasteiger partial charge < -0.3 is 14.2 Å². The summed E-state index contributed by atoms with van der Waals surface area (Å²) < 4.78 is 16.6. The summed E-state index contributed by atoms with van der Waals surface area (Å²) in [5, 5.41) is 0. The SMILES string of the molecule is CCCOCCOc1ccccc1OCCC. The van der Waals surface area contributed by atoms with Crippen molar-refractivity contribution in [1.29, 1.82) is 0 Å². The number of hydrogen-bond donors (Lipinski definition) is 0. The van der Waals surface area contributed by atoms with Gasteiger partial charge in [-0.05, 0) is 25.0 Å². The van der Waals surface area contributed by atoms with Crippen molar-refractivity contribution in [2.75, 3.05) is 26.4 Å². The van der Waals surface area contributed by atoms with Crippen LogP contribution in [0.2, 0.25) is 0 Å². The third kappa shape index (κ3) is 5.59. The Labute approximate surface area is 104 Å². The van der Waals surface area contributed by atoms with E-state index >= 15 is 0 Å². The van der Waals surface area contributed by atoms with Gasteiger partial charge in [-0.2, -0.15) is 0 Å². The van der Waals surface area contributed by atoms with Crippen molar-refractivity contribution >= 4 is 0 Å². The summed E-state index contributed by atoms with van der Waals surface area (Å²) >= 11 is 0. The summed E-state index contributed by atoms with van der Waals surface area (Å²) in [6.45, 7) is 6.86. The summed E-state index contributed by atoms with van der Waals surface area (Å²) in [5.74, 6) is 1.60. The van der Waals surface area contributed by atoms with Gasteiger partial charge in [-0.3, -0.25) is 0 Å². The Morgan fingerprint density at radius 2 is 1.35 bits per heavy atom. The number of para-hydroxylation sites is 2. The summed E-state index contributed by atoms with van der Waals surface area (Å²) in [5.41, 5.74) is 0. The lowest BCUT2D eigenvalue weighted by atomic mass is 10.3.